The van der Waals surface area contributed by atoms with Gasteiger partial charge in [0.2, 0.25) is 11.8 Å². The van der Waals surface area contributed by atoms with Gasteiger partial charge in [-0.05, 0) is 67.2 Å². The van der Waals surface area contributed by atoms with Crippen LogP contribution in [0.4, 0.5) is 4.79 Å². The Kier molecular flexibility index (Phi) is 14.2. The van der Waals surface area contributed by atoms with Gasteiger partial charge in [0.25, 0.3) is 0 Å². The third kappa shape index (κ3) is 11.5. The topological polar surface area (TPSA) is 134 Å². The quantitative estimate of drug-likeness (QED) is 0.134. The number of esters is 1. The van der Waals surface area contributed by atoms with E-state index in [0.717, 1.165) is 22.3 Å². The van der Waals surface area contributed by atoms with Crippen LogP contribution in [0.5, 0.6) is 0 Å². The van der Waals surface area contributed by atoms with Crippen molar-refractivity contribution in [3.8, 4) is 0 Å². The highest BCUT2D eigenvalue weighted by Crippen LogP contribution is 2.26. The molecular weight excluding hydrogens is 646 g/mol. The number of fused-ring (bicyclic) bond motifs is 1. The molecule has 0 radical (unpaired) electrons. The van der Waals surface area contributed by atoms with Crippen molar-refractivity contribution in [3.05, 3.63) is 119 Å². The maximum Gasteiger partial charge on any atom is 0.407 e. The number of alkyl carbamates (subject to hydrolysis) is 1. The lowest BCUT2D eigenvalue weighted by Gasteiger charge is -2.36. The van der Waals surface area contributed by atoms with E-state index >= 15 is 0 Å². The molecule has 3 aromatic carbocycles. The van der Waals surface area contributed by atoms with Crippen molar-refractivity contribution in [1.82, 2.24) is 15.5 Å². The van der Waals surface area contributed by atoms with Crippen molar-refractivity contribution in [2.45, 2.75) is 76.6 Å². The smallest absolute Gasteiger partial charge is 0.407 e. The van der Waals surface area contributed by atoms with E-state index in [-0.39, 0.29) is 50.1 Å². The minimum atomic E-state index is -0.642. The number of benzene rings is 3. The Morgan fingerprint density at radius 3 is 2.25 bits per heavy atom. The molecule has 0 saturated carbocycles. The number of carbonyl (C=O) groups is 4. The largest absolute Gasteiger partial charge is 0.463 e. The van der Waals surface area contributed by atoms with Gasteiger partial charge < -0.3 is 30.1 Å². The number of unbranched alkanes of at least 4 members (excludes halogenated alkanes) is 1. The average molecular weight is 696 g/mol. The molecule has 51 heavy (non-hydrogen) atoms. The standard InChI is InChI=1S/C41H49N3O7/c45-27-37-24-32-17-7-10-20-35(32)26-44(37)38(46)25-33-18-8-9-19-34(23-30-13-3-1-4-14-30)40(48)50-29-36(43-39(33)47)21-11-12-22-42-41(49)51-28-31-15-5-2-6-16-31/h1-10,13-17,20,33-34,36-37,45H,11-12,18-19,21-29H2,(H,42,49)(H,43,47)/t33-,34+,36+,37+/m1/s1. The van der Waals surface area contributed by atoms with Crippen LogP contribution in [0.1, 0.15) is 60.8 Å². The molecule has 0 aliphatic carbocycles. The summed E-state index contributed by atoms with van der Waals surface area (Å²) in [6.07, 6.45) is 6.92. The number of nitrogens with zero attached hydrogens (tertiary/aromatic N) is 1. The fourth-order valence-corrected chi connectivity index (χ4v) is 6.63. The molecule has 10 heteroatoms. The van der Waals surface area contributed by atoms with Gasteiger partial charge >= 0.3 is 12.1 Å². The number of rotatable bonds is 12. The molecule has 0 fully saturated rings. The second kappa shape index (κ2) is 19.4. The van der Waals surface area contributed by atoms with Crippen molar-refractivity contribution in [2.24, 2.45) is 11.8 Å². The summed E-state index contributed by atoms with van der Waals surface area (Å²) < 4.78 is 11.1. The zero-order valence-corrected chi connectivity index (χ0v) is 29.1. The number of aliphatic hydroxyl groups is 1. The van der Waals surface area contributed by atoms with E-state index < -0.39 is 24.0 Å². The molecule has 5 rings (SSSR count). The number of allylic oxidation sites excluding steroid dienone is 2. The molecule has 4 atom stereocenters. The van der Waals surface area contributed by atoms with Crippen LogP contribution in [-0.4, -0.2) is 65.7 Å². The molecular formula is C41H49N3O7. The summed E-state index contributed by atoms with van der Waals surface area (Å²) in [5.74, 6) is -1.82. The minimum Gasteiger partial charge on any atom is -0.463 e. The first-order chi connectivity index (χ1) is 24.9. The van der Waals surface area contributed by atoms with E-state index in [9.17, 15) is 24.3 Å². The lowest BCUT2D eigenvalue weighted by Crippen LogP contribution is -2.48. The molecule has 0 aromatic heterocycles. The first-order valence-corrected chi connectivity index (χ1v) is 18.0. The second-order valence-corrected chi connectivity index (χ2v) is 13.4. The van der Waals surface area contributed by atoms with Gasteiger partial charge in [0.05, 0.1) is 30.5 Å². The van der Waals surface area contributed by atoms with E-state index in [0.29, 0.717) is 58.0 Å². The molecule has 0 saturated heterocycles. The molecule has 2 aliphatic heterocycles. The molecule has 2 heterocycles. The summed E-state index contributed by atoms with van der Waals surface area (Å²) >= 11 is 0. The van der Waals surface area contributed by atoms with Gasteiger partial charge in [-0.1, -0.05) is 97.1 Å². The lowest BCUT2D eigenvalue weighted by atomic mass is 9.91. The molecule has 0 spiro atoms. The van der Waals surface area contributed by atoms with Crippen molar-refractivity contribution < 1.29 is 33.8 Å². The summed E-state index contributed by atoms with van der Waals surface area (Å²) in [4.78, 5) is 54.7. The summed E-state index contributed by atoms with van der Waals surface area (Å²) in [7, 11) is 0. The van der Waals surface area contributed by atoms with Gasteiger partial charge in [-0.2, -0.15) is 0 Å². The Hall–Kier alpha value is -4.96. The monoisotopic (exact) mass is 695 g/mol. The van der Waals surface area contributed by atoms with Gasteiger partial charge in [0.1, 0.15) is 13.2 Å². The zero-order valence-electron chi connectivity index (χ0n) is 29.1. The Labute approximate surface area is 300 Å². The Bertz CT molecular complexity index is 1610. The van der Waals surface area contributed by atoms with Gasteiger partial charge in [-0.15, -0.1) is 0 Å². The molecule has 3 amide bonds. The third-order valence-electron chi connectivity index (χ3n) is 9.58. The average Bonchev–Trinajstić information content (AvgIpc) is 3.16. The Morgan fingerprint density at radius 2 is 1.53 bits per heavy atom. The van der Waals surface area contributed by atoms with E-state index in [2.05, 4.69) is 10.6 Å². The second-order valence-electron chi connectivity index (χ2n) is 13.4. The van der Waals surface area contributed by atoms with E-state index in [4.69, 9.17) is 9.47 Å². The number of amides is 3. The zero-order chi connectivity index (χ0) is 35.8. The maximum absolute atomic E-state index is 13.8. The van der Waals surface area contributed by atoms with Crippen LogP contribution in [0.15, 0.2) is 97.1 Å². The van der Waals surface area contributed by atoms with Gasteiger partial charge in [0.15, 0.2) is 0 Å². The number of hydrogen-bond donors (Lipinski definition) is 3. The first-order valence-electron chi connectivity index (χ1n) is 18.0. The van der Waals surface area contributed by atoms with Crippen LogP contribution in [-0.2, 0) is 49.9 Å². The predicted octanol–water partition coefficient (Wildman–Crippen LogP) is 5.27. The number of hydrogen-bond acceptors (Lipinski definition) is 7. The summed E-state index contributed by atoms with van der Waals surface area (Å²) in [6.45, 7) is 0.801. The molecule has 0 bridgehead atoms. The van der Waals surface area contributed by atoms with Crippen molar-refractivity contribution >= 4 is 23.9 Å². The van der Waals surface area contributed by atoms with E-state index in [1.165, 1.54) is 0 Å². The Morgan fingerprint density at radius 1 is 0.863 bits per heavy atom. The summed E-state index contributed by atoms with van der Waals surface area (Å²) in [6, 6.07) is 26.3. The number of ether oxygens (including phenoxy) is 2. The molecule has 10 nitrogen and oxygen atoms in total. The lowest BCUT2D eigenvalue weighted by molar-refractivity contribution is -0.150. The highest BCUT2D eigenvalue weighted by molar-refractivity contribution is 5.86. The van der Waals surface area contributed by atoms with E-state index in [1.807, 2.05) is 97.1 Å². The maximum atomic E-state index is 13.8. The third-order valence-corrected chi connectivity index (χ3v) is 9.58. The molecule has 2 aliphatic rings. The van der Waals surface area contributed by atoms with Crippen LogP contribution in [0.25, 0.3) is 0 Å². The first kappa shape index (κ1) is 37.3. The Balaban J connectivity index is 1.22. The fraction of sp³-hybridized carbons (Fsp3) is 0.415. The molecule has 270 valence electrons. The van der Waals surface area contributed by atoms with Crippen molar-refractivity contribution in [3.63, 3.8) is 0 Å². The van der Waals surface area contributed by atoms with Crippen LogP contribution >= 0.6 is 0 Å². The number of nitrogens with one attached hydrogen (secondary N) is 2. The van der Waals surface area contributed by atoms with Crippen LogP contribution in [0.3, 0.4) is 0 Å². The van der Waals surface area contributed by atoms with E-state index in [1.54, 1.807) is 4.90 Å². The normalized spacial score (nSPS) is 20.9. The number of aliphatic hydroxyl groups excluding tert-OH is 1. The van der Waals surface area contributed by atoms with Crippen molar-refractivity contribution in [2.75, 3.05) is 19.8 Å². The SMILES string of the molecule is O=C(NCCCC[C@H]1COC(=O)[C@H](Cc2ccccc2)CC=CC[C@H](CC(=O)N2Cc3ccccc3C[C@H]2CO)C(=O)N1)OCc1ccccc1. The van der Waals surface area contributed by atoms with Crippen LogP contribution < -0.4 is 10.6 Å². The highest BCUT2D eigenvalue weighted by Gasteiger charge is 2.33. The summed E-state index contributed by atoms with van der Waals surface area (Å²) in [5.41, 5.74) is 4.10. The highest BCUT2D eigenvalue weighted by atomic mass is 16.5. The van der Waals surface area contributed by atoms with Gasteiger partial charge in [-0.25, -0.2) is 4.79 Å². The fourth-order valence-electron chi connectivity index (χ4n) is 6.63. The van der Waals surface area contributed by atoms with Crippen molar-refractivity contribution in [1.29, 1.82) is 0 Å². The predicted molar refractivity (Wildman–Crippen MR) is 193 cm³/mol. The summed E-state index contributed by atoms with van der Waals surface area (Å²) in [5, 5.41) is 16.0. The molecule has 3 N–H and O–H groups in total. The van der Waals surface area contributed by atoms with Crippen LogP contribution in [0, 0.1) is 11.8 Å². The van der Waals surface area contributed by atoms with Gasteiger partial charge in [-0.3, -0.25) is 14.4 Å². The number of carbonyl (C=O) groups excluding carboxylic acids is 4. The molecule has 3 aromatic rings. The van der Waals surface area contributed by atoms with Crippen LogP contribution in [0.2, 0.25) is 0 Å². The van der Waals surface area contributed by atoms with Gasteiger partial charge in [0, 0.05) is 19.5 Å². The minimum absolute atomic E-state index is 0.00227. The number of cyclic esters (lactones) is 1. The molecule has 0 unspecified atom stereocenters.